The van der Waals surface area contributed by atoms with Gasteiger partial charge in [0.1, 0.15) is 5.75 Å². The van der Waals surface area contributed by atoms with Crippen molar-refractivity contribution in [2.24, 2.45) is 0 Å². The summed E-state index contributed by atoms with van der Waals surface area (Å²) in [5.41, 5.74) is 1.24. The van der Waals surface area contributed by atoms with E-state index in [4.69, 9.17) is 9.84 Å². The third-order valence-corrected chi connectivity index (χ3v) is 2.98. The molecular formula is C15H23NO3. The van der Waals surface area contributed by atoms with Crippen molar-refractivity contribution in [2.75, 3.05) is 19.8 Å². The van der Waals surface area contributed by atoms with Gasteiger partial charge in [-0.2, -0.15) is 0 Å². The van der Waals surface area contributed by atoms with Crippen LogP contribution in [0.25, 0.3) is 0 Å². The minimum Gasteiger partial charge on any atom is -0.484 e. The van der Waals surface area contributed by atoms with Gasteiger partial charge in [0, 0.05) is 12.6 Å². The highest BCUT2D eigenvalue weighted by molar-refractivity contribution is 5.78. The first-order valence-electron chi connectivity index (χ1n) is 6.70. The molecule has 4 nitrogen and oxygen atoms in total. The van der Waals surface area contributed by atoms with Gasteiger partial charge in [-0.1, -0.05) is 19.1 Å². The molecular weight excluding hydrogens is 242 g/mol. The third-order valence-electron chi connectivity index (χ3n) is 2.98. The van der Waals surface area contributed by atoms with Crippen molar-refractivity contribution >= 4 is 5.91 Å². The highest BCUT2D eigenvalue weighted by Crippen LogP contribution is 2.12. The Morgan fingerprint density at radius 1 is 1.32 bits per heavy atom. The summed E-state index contributed by atoms with van der Waals surface area (Å²) in [7, 11) is 0. The summed E-state index contributed by atoms with van der Waals surface area (Å²) in [6.07, 6.45) is 0.983. The Hall–Kier alpha value is -1.55. The molecule has 0 saturated carbocycles. The molecule has 0 aliphatic carbocycles. The van der Waals surface area contributed by atoms with E-state index in [1.807, 2.05) is 38.1 Å². The normalized spacial score (nSPS) is 10.6. The van der Waals surface area contributed by atoms with Crippen LogP contribution in [0.2, 0.25) is 0 Å². The van der Waals surface area contributed by atoms with Crippen LogP contribution in [-0.4, -0.2) is 41.7 Å². The van der Waals surface area contributed by atoms with E-state index in [9.17, 15) is 4.79 Å². The number of nitrogens with zero attached hydrogens (tertiary/aromatic N) is 1. The maximum absolute atomic E-state index is 12.0. The van der Waals surface area contributed by atoms with Crippen LogP contribution in [0.3, 0.4) is 0 Å². The van der Waals surface area contributed by atoms with Crippen molar-refractivity contribution in [1.29, 1.82) is 0 Å². The van der Waals surface area contributed by atoms with Crippen LogP contribution >= 0.6 is 0 Å². The van der Waals surface area contributed by atoms with E-state index in [-0.39, 0.29) is 25.2 Å². The van der Waals surface area contributed by atoms with E-state index in [1.54, 1.807) is 4.90 Å². The largest absolute Gasteiger partial charge is 0.484 e. The Bertz CT molecular complexity index is 387. The molecule has 1 N–H and O–H groups in total. The monoisotopic (exact) mass is 265 g/mol. The molecule has 19 heavy (non-hydrogen) atoms. The molecule has 1 amide bonds. The third kappa shape index (κ3) is 4.91. The quantitative estimate of drug-likeness (QED) is 0.818. The fourth-order valence-electron chi connectivity index (χ4n) is 1.83. The first kappa shape index (κ1) is 15.5. The first-order chi connectivity index (χ1) is 9.08. The Morgan fingerprint density at radius 2 is 1.95 bits per heavy atom. The van der Waals surface area contributed by atoms with Crippen LogP contribution in [0.5, 0.6) is 5.75 Å². The number of carbonyl (C=O) groups is 1. The predicted molar refractivity (Wildman–Crippen MR) is 75.2 cm³/mol. The average molecular weight is 265 g/mol. The van der Waals surface area contributed by atoms with Crippen molar-refractivity contribution in [3.05, 3.63) is 29.8 Å². The van der Waals surface area contributed by atoms with Crippen LogP contribution in [0, 0.1) is 0 Å². The molecule has 0 aliphatic rings. The molecule has 0 saturated heterocycles. The second-order valence-electron chi connectivity index (χ2n) is 4.69. The second-order valence-corrected chi connectivity index (χ2v) is 4.69. The number of benzene rings is 1. The fourth-order valence-corrected chi connectivity index (χ4v) is 1.83. The lowest BCUT2D eigenvalue weighted by molar-refractivity contribution is -0.135. The molecule has 0 heterocycles. The summed E-state index contributed by atoms with van der Waals surface area (Å²) in [5.74, 6) is 0.585. The van der Waals surface area contributed by atoms with Crippen LogP contribution in [0.1, 0.15) is 26.3 Å². The molecule has 0 bridgehead atoms. The van der Waals surface area contributed by atoms with Gasteiger partial charge in [0.05, 0.1) is 6.61 Å². The molecule has 1 aromatic carbocycles. The van der Waals surface area contributed by atoms with E-state index in [2.05, 4.69) is 6.92 Å². The molecule has 0 atom stereocenters. The van der Waals surface area contributed by atoms with E-state index in [0.717, 1.165) is 6.42 Å². The zero-order chi connectivity index (χ0) is 14.3. The lowest BCUT2D eigenvalue weighted by Crippen LogP contribution is -2.41. The van der Waals surface area contributed by atoms with Gasteiger partial charge in [0.2, 0.25) is 0 Å². The second kappa shape index (κ2) is 7.79. The highest BCUT2D eigenvalue weighted by atomic mass is 16.5. The van der Waals surface area contributed by atoms with Gasteiger partial charge in [-0.25, -0.2) is 0 Å². The smallest absolute Gasteiger partial charge is 0.260 e. The molecule has 0 aromatic heterocycles. The van der Waals surface area contributed by atoms with Crippen molar-refractivity contribution in [3.8, 4) is 5.75 Å². The number of amides is 1. The van der Waals surface area contributed by atoms with E-state index in [1.165, 1.54) is 5.56 Å². The van der Waals surface area contributed by atoms with Gasteiger partial charge in [0.15, 0.2) is 6.61 Å². The molecule has 0 unspecified atom stereocenters. The van der Waals surface area contributed by atoms with Crippen molar-refractivity contribution < 1.29 is 14.6 Å². The molecule has 1 rings (SSSR count). The topological polar surface area (TPSA) is 49.8 Å². The van der Waals surface area contributed by atoms with Crippen LogP contribution in [-0.2, 0) is 11.2 Å². The lowest BCUT2D eigenvalue weighted by atomic mass is 10.2. The van der Waals surface area contributed by atoms with Gasteiger partial charge >= 0.3 is 0 Å². The first-order valence-corrected chi connectivity index (χ1v) is 6.70. The Labute approximate surface area is 115 Å². The molecule has 1 aromatic rings. The lowest BCUT2D eigenvalue weighted by Gasteiger charge is -2.25. The number of aliphatic hydroxyl groups is 1. The van der Waals surface area contributed by atoms with Crippen LogP contribution < -0.4 is 4.74 Å². The van der Waals surface area contributed by atoms with E-state index >= 15 is 0 Å². The Morgan fingerprint density at radius 3 is 2.42 bits per heavy atom. The van der Waals surface area contributed by atoms with Gasteiger partial charge in [-0.05, 0) is 38.0 Å². The SMILES string of the molecule is CCc1ccc(OCC(=O)N(CCO)C(C)C)cc1. The number of carbonyl (C=O) groups excluding carboxylic acids is 1. The number of hydrogen-bond donors (Lipinski definition) is 1. The van der Waals surface area contributed by atoms with Crippen molar-refractivity contribution in [1.82, 2.24) is 4.90 Å². The van der Waals surface area contributed by atoms with Crippen molar-refractivity contribution in [3.63, 3.8) is 0 Å². The highest BCUT2D eigenvalue weighted by Gasteiger charge is 2.16. The Kier molecular flexibility index (Phi) is 6.36. The summed E-state index contributed by atoms with van der Waals surface area (Å²) in [6.45, 7) is 6.25. The van der Waals surface area contributed by atoms with Gasteiger partial charge in [-0.15, -0.1) is 0 Å². The summed E-state index contributed by atoms with van der Waals surface area (Å²) in [4.78, 5) is 13.6. The molecule has 106 valence electrons. The average Bonchev–Trinajstić information content (AvgIpc) is 2.42. The maximum atomic E-state index is 12.0. The summed E-state index contributed by atoms with van der Waals surface area (Å²) < 4.78 is 5.47. The number of aryl methyl sites for hydroxylation is 1. The summed E-state index contributed by atoms with van der Waals surface area (Å²) in [6, 6.07) is 7.79. The number of aliphatic hydroxyl groups excluding tert-OH is 1. The minimum atomic E-state index is -0.108. The van der Waals surface area contributed by atoms with E-state index in [0.29, 0.717) is 12.3 Å². The van der Waals surface area contributed by atoms with Gasteiger partial charge < -0.3 is 14.7 Å². The van der Waals surface area contributed by atoms with Gasteiger partial charge in [-0.3, -0.25) is 4.79 Å². The molecule has 0 radical (unpaired) electrons. The molecule has 0 spiro atoms. The fraction of sp³-hybridized carbons (Fsp3) is 0.533. The zero-order valence-electron chi connectivity index (χ0n) is 11.9. The molecule has 0 aliphatic heterocycles. The zero-order valence-corrected chi connectivity index (χ0v) is 11.9. The number of ether oxygens (including phenoxy) is 1. The molecule has 0 fully saturated rings. The van der Waals surface area contributed by atoms with Crippen LogP contribution in [0.4, 0.5) is 0 Å². The summed E-state index contributed by atoms with van der Waals surface area (Å²) in [5, 5.41) is 8.94. The van der Waals surface area contributed by atoms with Crippen molar-refractivity contribution in [2.45, 2.75) is 33.2 Å². The number of hydrogen-bond acceptors (Lipinski definition) is 3. The Balaban J connectivity index is 2.52. The van der Waals surface area contributed by atoms with Gasteiger partial charge in [0.25, 0.3) is 5.91 Å². The number of rotatable bonds is 7. The minimum absolute atomic E-state index is 0.00362. The van der Waals surface area contributed by atoms with Crippen LogP contribution in [0.15, 0.2) is 24.3 Å². The molecule has 4 heteroatoms. The van der Waals surface area contributed by atoms with E-state index < -0.39 is 0 Å². The standard InChI is InChI=1S/C15H23NO3/c1-4-13-5-7-14(8-6-13)19-11-15(18)16(9-10-17)12(2)3/h5-8,12,17H,4,9-11H2,1-3H3. The summed E-state index contributed by atoms with van der Waals surface area (Å²) >= 11 is 0. The maximum Gasteiger partial charge on any atom is 0.260 e. The predicted octanol–water partition coefficient (Wildman–Crippen LogP) is 1.86.